The van der Waals surface area contributed by atoms with Gasteiger partial charge in [0, 0.05) is 30.2 Å². The van der Waals surface area contributed by atoms with Gasteiger partial charge in [-0.2, -0.15) is 18.3 Å². The SMILES string of the molecule is Cc1cc(C(F)(F)F)n(C[C@@H](C)CNC(=O)Nc2ccc3cnoc3c2)n1. The number of carbonyl (C=O) groups excluding carboxylic acids is 1. The van der Waals surface area contributed by atoms with Crippen molar-refractivity contribution in [3.8, 4) is 0 Å². The van der Waals surface area contributed by atoms with Crippen LogP contribution in [-0.2, 0) is 12.7 Å². The summed E-state index contributed by atoms with van der Waals surface area (Å²) < 4.78 is 45.0. The summed E-state index contributed by atoms with van der Waals surface area (Å²) in [6.45, 7) is 3.46. The molecule has 7 nitrogen and oxygen atoms in total. The van der Waals surface area contributed by atoms with Crippen LogP contribution in [0.15, 0.2) is 35.0 Å². The van der Waals surface area contributed by atoms with E-state index in [1.165, 1.54) is 6.92 Å². The predicted octanol–water partition coefficient (Wildman–Crippen LogP) is 3.81. The Kier molecular flexibility index (Phi) is 5.06. The summed E-state index contributed by atoms with van der Waals surface area (Å²) in [5.41, 5.74) is 0.557. The van der Waals surface area contributed by atoms with E-state index in [0.29, 0.717) is 17.0 Å². The highest BCUT2D eigenvalue weighted by Gasteiger charge is 2.35. The zero-order chi connectivity index (χ0) is 19.6. The van der Waals surface area contributed by atoms with Crippen LogP contribution < -0.4 is 10.6 Å². The normalized spacial score (nSPS) is 12.9. The minimum absolute atomic E-state index is 0.0347. The van der Waals surface area contributed by atoms with Gasteiger partial charge in [0.15, 0.2) is 5.58 Å². The van der Waals surface area contributed by atoms with E-state index in [2.05, 4.69) is 20.9 Å². The Hall–Kier alpha value is -3.04. The lowest BCUT2D eigenvalue weighted by molar-refractivity contribution is -0.144. The van der Waals surface area contributed by atoms with E-state index in [4.69, 9.17) is 4.52 Å². The highest BCUT2D eigenvalue weighted by atomic mass is 19.4. The summed E-state index contributed by atoms with van der Waals surface area (Å²) in [6.07, 6.45) is -2.90. The second-order valence-corrected chi connectivity index (χ2v) is 6.37. The molecule has 2 N–H and O–H groups in total. The Balaban J connectivity index is 1.54. The van der Waals surface area contributed by atoms with E-state index >= 15 is 0 Å². The lowest BCUT2D eigenvalue weighted by atomic mass is 10.2. The molecule has 0 radical (unpaired) electrons. The molecule has 0 spiro atoms. The van der Waals surface area contributed by atoms with Crippen LogP contribution in [0.2, 0.25) is 0 Å². The molecule has 3 rings (SSSR count). The molecule has 0 aliphatic carbocycles. The summed E-state index contributed by atoms with van der Waals surface area (Å²) >= 11 is 0. The van der Waals surface area contributed by atoms with Crippen LogP contribution >= 0.6 is 0 Å². The van der Waals surface area contributed by atoms with E-state index in [9.17, 15) is 18.0 Å². The second kappa shape index (κ2) is 7.29. The monoisotopic (exact) mass is 381 g/mol. The van der Waals surface area contributed by atoms with Gasteiger partial charge in [-0.1, -0.05) is 12.1 Å². The molecule has 2 heterocycles. The molecule has 0 unspecified atom stereocenters. The maximum atomic E-state index is 13.0. The molecule has 2 amide bonds. The van der Waals surface area contributed by atoms with Crippen molar-refractivity contribution in [3.63, 3.8) is 0 Å². The number of hydrogen-bond acceptors (Lipinski definition) is 4. The van der Waals surface area contributed by atoms with Gasteiger partial charge in [-0.3, -0.25) is 4.68 Å². The highest BCUT2D eigenvalue weighted by molar-refractivity contribution is 5.91. The van der Waals surface area contributed by atoms with E-state index in [1.807, 2.05) is 0 Å². The maximum absolute atomic E-state index is 13.0. The van der Waals surface area contributed by atoms with Gasteiger partial charge < -0.3 is 15.2 Å². The summed E-state index contributed by atoms with van der Waals surface area (Å²) in [5.74, 6) is -0.257. The fourth-order valence-electron chi connectivity index (χ4n) is 2.65. The predicted molar refractivity (Wildman–Crippen MR) is 92.2 cm³/mol. The van der Waals surface area contributed by atoms with Crippen molar-refractivity contribution < 1.29 is 22.5 Å². The number of nitrogens with zero attached hydrogens (tertiary/aromatic N) is 3. The van der Waals surface area contributed by atoms with Crippen LogP contribution in [0.5, 0.6) is 0 Å². The number of halogens is 3. The van der Waals surface area contributed by atoms with Crippen molar-refractivity contribution in [2.75, 3.05) is 11.9 Å². The number of hydrogen-bond donors (Lipinski definition) is 2. The maximum Gasteiger partial charge on any atom is 0.433 e. The molecule has 3 aromatic rings. The smallest absolute Gasteiger partial charge is 0.356 e. The molecule has 0 aliphatic rings. The van der Waals surface area contributed by atoms with Crippen LogP contribution in [0.3, 0.4) is 0 Å². The number of anilines is 1. The first-order chi connectivity index (χ1) is 12.7. The highest BCUT2D eigenvalue weighted by Crippen LogP contribution is 2.30. The lowest BCUT2D eigenvalue weighted by Crippen LogP contribution is -2.34. The molecule has 0 saturated carbocycles. The average molecular weight is 381 g/mol. The first-order valence-electron chi connectivity index (χ1n) is 8.23. The third-order valence-corrected chi connectivity index (χ3v) is 3.90. The van der Waals surface area contributed by atoms with Crippen molar-refractivity contribution in [3.05, 3.63) is 41.9 Å². The quantitative estimate of drug-likeness (QED) is 0.704. The minimum atomic E-state index is -4.47. The third-order valence-electron chi connectivity index (χ3n) is 3.90. The van der Waals surface area contributed by atoms with E-state index in [0.717, 1.165) is 16.1 Å². The van der Waals surface area contributed by atoms with Gasteiger partial charge in [0.1, 0.15) is 5.69 Å². The number of alkyl halides is 3. The van der Waals surface area contributed by atoms with E-state index in [-0.39, 0.29) is 19.0 Å². The molecular weight excluding hydrogens is 363 g/mol. The number of aromatic nitrogens is 3. The average Bonchev–Trinajstić information content (AvgIpc) is 3.18. The first-order valence-corrected chi connectivity index (χ1v) is 8.23. The van der Waals surface area contributed by atoms with Crippen LogP contribution in [0.4, 0.5) is 23.7 Å². The number of rotatable bonds is 5. The second-order valence-electron chi connectivity index (χ2n) is 6.37. The van der Waals surface area contributed by atoms with Crippen molar-refractivity contribution in [1.82, 2.24) is 20.3 Å². The summed E-state index contributed by atoms with van der Waals surface area (Å²) in [7, 11) is 0. The third kappa shape index (κ3) is 4.57. The molecule has 0 saturated heterocycles. The van der Waals surface area contributed by atoms with Crippen molar-refractivity contribution in [1.29, 1.82) is 0 Å². The minimum Gasteiger partial charge on any atom is -0.356 e. The molecule has 2 aromatic heterocycles. The Morgan fingerprint density at radius 2 is 2.11 bits per heavy atom. The van der Waals surface area contributed by atoms with Crippen LogP contribution in [0.25, 0.3) is 11.0 Å². The van der Waals surface area contributed by atoms with Crippen LogP contribution in [0.1, 0.15) is 18.3 Å². The Bertz CT molecular complexity index is 948. The number of fused-ring (bicyclic) bond motifs is 1. The van der Waals surface area contributed by atoms with Gasteiger partial charge in [0.05, 0.1) is 11.9 Å². The molecule has 0 bridgehead atoms. The lowest BCUT2D eigenvalue weighted by Gasteiger charge is -2.16. The first kappa shape index (κ1) is 18.7. The Labute approximate surface area is 152 Å². The van der Waals surface area contributed by atoms with Crippen molar-refractivity contribution >= 4 is 22.7 Å². The van der Waals surface area contributed by atoms with Gasteiger partial charge in [-0.15, -0.1) is 0 Å². The topological polar surface area (TPSA) is 85.0 Å². The summed E-state index contributed by atoms with van der Waals surface area (Å²) in [4.78, 5) is 12.0. The molecule has 0 fully saturated rings. The number of amides is 2. The van der Waals surface area contributed by atoms with E-state index in [1.54, 1.807) is 31.3 Å². The number of aryl methyl sites for hydroxylation is 1. The molecule has 0 aliphatic heterocycles. The van der Waals surface area contributed by atoms with Gasteiger partial charge in [0.25, 0.3) is 0 Å². The number of urea groups is 1. The van der Waals surface area contributed by atoms with Crippen LogP contribution in [-0.4, -0.2) is 27.5 Å². The van der Waals surface area contributed by atoms with Crippen molar-refractivity contribution in [2.24, 2.45) is 5.92 Å². The number of benzene rings is 1. The zero-order valence-electron chi connectivity index (χ0n) is 14.7. The molecule has 144 valence electrons. The summed E-state index contributed by atoms with van der Waals surface area (Å²) in [5, 5.41) is 13.6. The zero-order valence-corrected chi connectivity index (χ0v) is 14.7. The molecule has 1 atom stereocenters. The fraction of sp³-hybridized carbons (Fsp3) is 0.353. The van der Waals surface area contributed by atoms with Gasteiger partial charge in [-0.05, 0) is 31.0 Å². The van der Waals surface area contributed by atoms with Gasteiger partial charge in [0.2, 0.25) is 0 Å². The number of carbonyl (C=O) groups is 1. The molecule has 1 aromatic carbocycles. The van der Waals surface area contributed by atoms with E-state index < -0.39 is 17.9 Å². The number of nitrogens with one attached hydrogen (secondary N) is 2. The molecule has 10 heteroatoms. The largest absolute Gasteiger partial charge is 0.433 e. The Morgan fingerprint density at radius 3 is 2.85 bits per heavy atom. The molecule has 27 heavy (non-hydrogen) atoms. The standard InChI is InChI=1S/C17H18F3N5O2/c1-10(9-25-15(17(18,19)20)5-11(2)24-25)7-21-16(26)23-13-4-3-12-8-22-27-14(12)6-13/h3-6,8,10H,7,9H2,1-2H3,(H2,21,23,26)/t10-/m0/s1. The fourth-order valence-corrected chi connectivity index (χ4v) is 2.65. The Morgan fingerprint density at radius 1 is 1.33 bits per heavy atom. The van der Waals surface area contributed by atoms with Crippen LogP contribution in [0, 0.1) is 12.8 Å². The van der Waals surface area contributed by atoms with Gasteiger partial charge >= 0.3 is 12.2 Å². The van der Waals surface area contributed by atoms with Gasteiger partial charge in [-0.25, -0.2) is 4.79 Å². The molecular formula is C17H18F3N5O2. The van der Waals surface area contributed by atoms with Crippen molar-refractivity contribution in [2.45, 2.75) is 26.6 Å². The summed E-state index contributed by atoms with van der Waals surface area (Å²) in [6, 6.07) is 5.63.